The second-order valence-electron chi connectivity index (χ2n) is 1.34. The number of aromatic nitrogens is 2. The summed E-state index contributed by atoms with van der Waals surface area (Å²) in [4.78, 5) is 0. The van der Waals surface area contributed by atoms with Gasteiger partial charge in [0.05, 0.1) is 6.20 Å². The minimum absolute atomic E-state index is 0.722. The lowest BCUT2D eigenvalue weighted by molar-refractivity contribution is -0.724. The summed E-state index contributed by atoms with van der Waals surface area (Å²) >= 11 is 5.56. The number of hydrogen-bond donors (Lipinski definition) is 1. The Balaban J connectivity index is 3.12. The molecular weight excluding hydrogens is 112 g/mol. The molecule has 0 radical (unpaired) electrons. The van der Waals surface area contributed by atoms with Crippen LogP contribution in [0.3, 0.4) is 0 Å². The number of halogens is 1. The van der Waals surface area contributed by atoms with Crippen LogP contribution in [-0.4, -0.2) is 5.10 Å². The van der Waals surface area contributed by atoms with Crippen LogP contribution < -0.4 is 4.68 Å². The molecule has 1 aromatic heterocycles. The standard InChI is InChI=1S/C4H5ClN2/c1-7-4(5)2-3-6-7/h2-3H,1H3/p+1. The van der Waals surface area contributed by atoms with Gasteiger partial charge in [-0.3, -0.25) is 0 Å². The molecule has 0 aliphatic rings. The van der Waals surface area contributed by atoms with E-state index in [1.165, 1.54) is 0 Å². The third-order valence-corrected chi connectivity index (χ3v) is 1.19. The molecule has 3 heteroatoms. The Bertz CT molecular complexity index is 142. The first-order valence-corrected chi connectivity index (χ1v) is 2.37. The molecule has 0 aliphatic carbocycles. The van der Waals surface area contributed by atoms with Gasteiger partial charge in [-0.2, -0.15) is 5.10 Å². The maximum atomic E-state index is 5.56. The molecule has 1 N–H and O–H groups in total. The molecule has 0 fully saturated rings. The van der Waals surface area contributed by atoms with Crippen LogP contribution in [0, 0.1) is 0 Å². The van der Waals surface area contributed by atoms with Crippen LogP contribution in [0.2, 0.25) is 5.15 Å². The summed E-state index contributed by atoms with van der Waals surface area (Å²) in [6.07, 6.45) is 1.78. The number of rotatable bonds is 0. The van der Waals surface area contributed by atoms with Crippen molar-refractivity contribution in [2.75, 3.05) is 0 Å². The summed E-state index contributed by atoms with van der Waals surface area (Å²) in [5.74, 6) is 0. The second-order valence-corrected chi connectivity index (χ2v) is 1.73. The molecule has 0 saturated carbocycles. The van der Waals surface area contributed by atoms with E-state index in [-0.39, 0.29) is 0 Å². The van der Waals surface area contributed by atoms with Gasteiger partial charge in [-0.15, -0.1) is 4.68 Å². The van der Waals surface area contributed by atoms with E-state index in [9.17, 15) is 0 Å². The van der Waals surface area contributed by atoms with Gasteiger partial charge in [0.25, 0.3) is 5.15 Å². The molecule has 0 spiro atoms. The summed E-state index contributed by atoms with van der Waals surface area (Å²) in [7, 11) is 1.85. The highest BCUT2D eigenvalue weighted by atomic mass is 35.5. The number of aryl methyl sites for hydroxylation is 1. The van der Waals surface area contributed by atoms with Crippen LogP contribution in [0.15, 0.2) is 12.3 Å². The minimum atomic E-state index is 0.722. The highest BCUT2D eigenvalue weighted by Gasteiger charge is 1.97. The van der Waals surface area contributed by atoms with Crippen molar-refractivity contribution in [2.45, 2.75) is 0 Å². The Morgan fingerprint density at radius 3 is 2.71 bits per heavy atom. The lowest BCUT2D eigenvalue weighted by Crippen LogP contribution is -2.29. The van der Waals surface area contributed by atoms with Gasteiger partial charge < -0.3 is 0 Å². The quantitative estimate of drug-likeness (QED) is 0.478. The van der Waals surface area contributed by atoms with Gasteiger partial charge in [-0.1, -0.05) is 0 Å². The third kappa shape index (κ3) is 0.747. The number of nitrogens with zero attached hydrogens (tertiary/aromatic N) is 1. The van der Waals surface area contributed by atoms with E-state index in [2.05, 4.69) is 5.10 Å². The van der Waals surface area contributed by atoms with Crippen molar-refractivity contribution in [2.24, 2.45) is 7.05 Å². The molecule has 1 aromatic rings. The first-order chi connectivity index (χ1) is 3.30. The molecule has 38 valence electrons. The Morgan fingerprint density at radius 2 is 2.57 bits per heavy atom. The van der Waals surface area contributed by atoms with Crippen LogP contribution in [0.25, 0.3) is 0 Å². The van der Waals surface area contributed by atoms with Crippen LogP contribution in [0.1, 0.15) is 0 Å². The van der Waals surface area contributed by atoms with Gasteiger partial charge >= 0.3 is 0 Å². The van der Waals surface area contributed by atoms with E-state index in [4.69, 9.17) is 11.6 Å². The monoisotopic (exact) mass is 117 g/mol. The highest BCUT2D eigenvalue weighted by Crippen LogP contribution is 1.94. The summed E-state index contributed by atoms with van der Waals surface area (Å²) in [5.41, 5.74) is 0. The van der Waals surface area contributed by atoms with Crippen molar-refractivity contribution >= 4 is 11.6 Å². The molecule has 2 nitrogen and oxygen atoms in total. The fraction of sp³-hybridized carbons (Fsp3) is 0.250. The zero-order valence-corrected chi connectivity index (χ0v) is 4.74. The third-order valence-electron chi connectivity index (χ3n) is 0.809. The van der Waals surface area contributed by atoms with Crippen LogP contribution >= 0.6 is 11.6 Å². The summed E-state index contributed by atoms with van der Waals surface area (Å²) < 4.78 is 1.72. The molecule has 0 bridgehead atoms. The molecule has 7 heavy (non-hydrogen) atoms. The van der Waals surface area contributed by atoms with E-state index < -0.39 is 0 Å². The Kier molecular flexibility index (Phi) is 1.02. The molecule has 0 unspecified atom stereocenters. The van der Waals surface area contributed by atoms with Crippen molar-refractivity contribution < 1.29 is 4.68 Å². The maximum Gasteiger partial charge on any atom is 0.299 e. The maximum absolute atomic E-state index is 5.56. The lowest BCUT2D eigenvalue weighted by atomic mass is 10.7. The molecule has 0 amide bonds. The topological polar surface area (TPSA) is 19.7 Å². The predicted octanol–water partition coefficient (Wildman–Crippen LogP) is 0.493. The summed E-state index contributed by atoms with van der Waals surface area (Å²) in [6.45, 7) is 0. The van der Waals surface area contributed by atoms with Gasteiger partial charge in [0.15, 0.2) is 7.05 Å². The smallest absolute Gasteiger partial charge is 0.172 e. The second kappa shape index (κ2) is 1.54. The van der Waals surface area contributed by atoms with Crippen molar-refractivity contribution in [3.05, 3.63) is 17.4 Å². The van der Waals surface area contributed by atoms with Crippen molar-refractivity contribution in [3.63, 3.8) is 0 Å². The van der Waals surface area contributed by atoms with Gasteiger partial charge in [0.2, 0.25) is 0 Å². The van der Waals surface area contributed by atoms with E-state index >= 15 is 0 Å². The minimum Gasteiger partial charge on any atom is -0.172 e. The van der Waals surface area contributed by atoms with E-state index in [1.807, 2.05) is 7.05 Å². The first kappa shape index (κ1) is 4.65. The number of aromatic amines is 1. The molecule has 1 rings (SSSR count). The molecule has 0 aromatic carbocycles. The van der Waals surface area contributed by atoms with Gasteiger partial charge in [-0.05, 0) is 11.6 Å². The molecular formula is C4H6ClN2+. The highest BCUT2D eigenvalue weighted by molar-refractivity contribution is 6.28. The van der Waals surface area contributed by atoms with Crippen molar-refractivity contribution in [1.82, 2.24) is 5.10 Å². The zero-order chi connectivity index (χ0) is 5.28. The van der Waals surface area contributed by atoms with Gasteiger partial charge in [0.1, 0.15) is 0 Å². The first-order valence-electron chi connectivity index (χ1n) is 1.99. The van der Waals surface area contributed by atoms with Crippen molar-refractivity contribution in [3.8, 4) is 0 Å². The van der Waals surface area contributed by atoms with E-state index in [0.717, 1.165) is 5.15 Å². The lowest BCUT2D eigenvalue weighted by Gasteiger charge is -1.72. The summed E-state index contributed by atoms with van der Waals surface area (Å²) in [5, 5.41) is 3.58. The van der Waals surface area contributed by atoms with Crippen LogP contribution in [0.5, 0.6) is 0 Å². The largest absolute Gasteiger partial charge is 0.299 e. The van der Waals surface area contributed by atoms with E-state index in [0.29, 0.717) is 0 Å². The fourth-order valence-electron chi connectivity index (χ4n) is 0.391. The zero-order valence-electron chi connectivity index (χ0n) is 3.98. The van der Waals surface area contributed by atoms with Crippen LogP contribution in [-0.2, 0) is 7.05 Å². The Morgan fingerprint density at radius 1 is 1.86 bits per heavy atom. The van der Waals surface area contributed by atoms with E-state index in [1.54, 1.807) is 16.9 Å². The fourth-order valence-corrected chi connectivity index (χ4v) is 0.503. The molecule has 1 heterocycles. The number of hydrogen-bond acceptors (Lipinski definition) is 0. The molecule has 0 atom stereocenters. The van der Waals surface area contributed by atoms with Crippen LogP contribution in [0.4, 0.5) is 0 Å². The average Bonchev–Trinajstić information content (AvgIpc) is 1.91. The molecule has 0 aliphatic heterocycles. The Labute approximate surface area is 46.7 Å². The SMILES string of the molecule is C[n+]1[nH]ccc1Cl. The predicted molar refractivity (Wildman–Crippen MR) is 27.0 cm³/mol. The van der Waals surface area contributed by atoms with Gasteiger partial charge in [0, 0.05) is 6.07 Å². The number of H-pyrrole nitrogens is 1. The normalized spacial score (nSPS) is 9.43. The molecule has 0 saturated heterocycles. The van der Waals surface area contributed by atoms with Crippen molar-refractivity contribution in [1.29, 1.82) is 0 Å². The van der Waals surface area contributed by atoms with Gasteiger partial charge in [-0.25, -0.2) is 0 Å². The summed E-state index contributed by atoms with van der Waals surface area (Å²) in [6, 6.07) is 1.79. The number of nitrogens with one attached hydrogen (secondary N) is 1. The Hall–Kier alpha value is -0.500. The average molecular weight is 118 g/mol.